The molecule has 0 aliphatic carbocycles. The average molecular weight is 243 g/mol. The third-order valence-electron chi connectivity index (χ3n) is 1.05. The van der Waals surface area contributed by atoms with Gasteiger partial charge in [0.2, 0.25) is 0 Å². The lowest BCUT2D eigenvalue weighted by Crippen LogP contribution is -2.40. The van der Waals surface area contributed by atoms with E-state index in [1.54, 1.807) is 10.8 Å². The highest BCUT2D eigenvalue weighted by Crippen LogP contribution is 1.81. The maximum atomic E-state index is 11.0. The molecule has 0 rings (SSSR count). The summed E-state index contributed by atoms with van der Waals surface area (Å²) >= 11 is 5.30. The van der Waals surface area contributed by atoms with Gasteiger partial charge in [0.25, 0.3) is 0 Å². The molecule has 0 unspecified atom stereocenters. The van der Waals surface area contributed by atoms with Crippen molar-refractivity contribution in [1.29, 1.82) is 0 Å². The molecule has 6 nitrogen and oxygen atoms in total. The Labute approximate surface area is 87.4 Å². The van der Waals surface area contributed by atoms with Gasteiger partial charge in [-0.15, -0.1) is 11.6 Å². The van der Waals surface area contributed by atoms with Crippen LogP contribution in [0.2, 0.25) is 0 Å². The van der Waals surface area contributed by atoms with Gasteiger partial charge < -0.3 is 4.74 Å². The first-order valence-corrected chi connectivity index (χ1v) is 5.60. The third kappa shape index (κ3) is 6.70. The molecule has 0 spiro atoms. The Morgan fingerprint density at radius 2 is 2.14 bits per heavy atom. The van der Waals surface area contributed by atoms with Crippen molar-refractivity contribution in [2.75, 3.05) is 19.5 Å². The van der Waals surface area contributed by atoms with Crippen molar-refractivity contribution < 1.29 is 17.9 Å². The number of amides is 1. The number of hydrogen-bond acceptors (Lipinski definition) is 4. The van der Waals surface area contributed by atoms with Crippen LogP contribution in [0.15, 0.2) is 12.2 Å². The van der Waals surface area contributed by atoms with Crippen molar-refractivity contribution in [3.05, 3.63) is 12.2 Å². The van der Waals surface area contributed by atoms with Crippen LogP contribution in [-0.4, -0.2) is 34.0 Å². The topological polar surface area (TPSA) is 84.5 Å². The Hall–Kier alpha value is -0.790. The summed E-state index contributed by atoms with van der Waals surface area (Å²) in [6, 6.07) is 0. The highest BCUT2D eigenvalue weighted by Gasteiger charge is 2.12. The van der Waals surface area contributed by atoms with Crippen LogP contribution in [0.1, 0.15) is 0 Å². The number of hydrogen-bond donors (Lipinski definition) is 2. The largest absolute Gasteiger partial charge is 0.452 e. The second kappa shape index (κ2) is 6.63. The van der Waals surface area contributed by atoms with Crippen LogP contribution in [0.3, 0.4) is 0 Å². The van der Waals surface area contributed by atoms with E-state index in [0.29, 0.717) is 5.88 Å². The molecule has 1 amide bonds. The molecular formula is C6H11ClN2O4S. The second-order valence-electron chi connectivity index (χ2n) is 2.07. The summed E-state index contributed by atoms with van der Waals surface area (Å²) in [6.07, 6.45) is 2.05. The zero-order valence-corrected chi connectivity index (χ0v) is 9.06. The predicted octanol–water partition coefficient (Wildman–Crippen LogP) is -0.0282. The van der Waals surface area contributed by atoms with Gasteiger partial charge in [-0.05, 0) is 0 Å². The van der Waals surface area contributed by atoms with Crippen LogP contribution >= 0.6 is 11.6 Å². The van der Waals surface area contributed by atoms with Crippen molar-refractivity contribution in [2.24, 2.45) is 0 Å². The van der Waals surface area contributed by atoms with E-state index in [2.05, 4.69) is 9.46 Å². The van der Waals surface area contributed by atoms with Crippen LogP contribution in [0.4, 0.5) is 4.79 Å². The zero-order valence-electron chi connectivity index (χ0n) is 7.49. The first-order valence-electron chi connectivity index (χ1n) is 3.58. The van der Waals surface area contributed by atoms with Crippen LogP contribution in [0, 0.1) is 0 Å². The number of alkyl halides is 1. The van der Waals surface area contributed by atoms with Crippen molar-refractivity contribution in [3.63, 3.8) is 0 Å². The van der Waals surface area contributed by atoms with Gasteiger partial charge in [0.15, 0.2) is 0 Å². The van der Waals surface area contributed by atoms with E-state index in [1.807, 2.05) is 0 Å². The molecule has 0 aromatic heterocycles. The molecule has 0 radical (unpaired) electrons. The highest BCUT2D eigenvalue weighted by molar-refractivity contribution is 7.88. The van der Waals surface area contributed by atoms with E-state index in [9.17, 15) is 13.2 Å². The maximum Gasteiger partial charge on any atom is 0.421 e. The minimum absolute atomic E-state index is 0.0546. The number of rotatable bonds is 5. The molecule has 0 saturated carbocycles. The van der Waals surface area contributed by atoms with Gasteiger partial charge in [-0.25, -0.2) is 9.52 Å². The Morgan fingerprint density at radius 1 is 1.50 bits per heavy atom. The van der Waals surface area contributed by atoms with Gasteiger partial charge in [-0.3, -0.25) is 0 Å². The lowest BCUT2D eigenvalue weighted by Gasteiger charge is -2.04. The number of methoxy groups -OCH3 is 1. The van der Waals surface area contributed by atoms with Crippen LogP contribution < -0.4 is 9.44 Å². The van der Waals surface area contributed by atoms with E-state index in [-0.39, 0.29) is 6.54 Å². The molecule has 0 fully saturated rings. The Balaban J connectivity index is 3.96. The molecular weight excluding hydrogens is 232 g/mol. The maximum absolute atomic E-state index is 11.0. The molecule has 0 aliphatic heterocycles. The number of allylic oxidation sites excluding steroid dienone is 1. The van der Waals surface area contributed by atoms with E-state index >= 15 is 0 Å². The van der Waals surface area contributed by atoms with E-state index in [4.69, 9.17) is 11.6 Å². The zero-order chi connectivity index (χ0) is 11.0. The molecule has 14 heavy (non-hydrogen) atoms. The molecule has 0 heterocycles. The van der Waals surface area contributed by atoms with Crippen LogP contribution in [-0.2, 0) is 14.9 Å². The fraction of sp³-hybridized carbons (Fsp3) is 0.500. The smallest absolute Gasteiger partial charge is 0.421 e. The summed E-state index contributed by atoms with van der Waals surface area (Å²) in [5.41, 5.74) is 0. The second-order valence-corrected chi connectivity index (χ2v) is 3.88. The quantitative estimate of drug-likeness (QED) is 0.524. The minimum Gasteiger partial charge on any atom is -0.452 e. The summed E-state index contributed by atoms with van der Waals surface area (Å²) in [4.78, 5) is 10.5. The molecule has 0 saturated heterocycles. The summed E-state index contributed by atoms with van der Waals surface area (Å²) in [6.45, 7) is 0.0546. The Bertz CT molecular complexity index is 301. The van der Waals surface area contributed by atoms with E-state index in [0.717, 1.165) is 7.11 Å². The standard InChI is InChI=1S/C6H11ClN2O4S/c1-13-6(10)9-14(11,12)8-5-3-2-4-7/h2-3,8H,4-5H2,1H3,(H,9,10)/b3-2+. The SMILES string of the molecule is COC(=O)NS(=O)(=O)NC/C=C/CCl. The Morgan fingerprint density at radius 3 is 2.64 bits per heavy atom. The van der Waals surface area contributed by atoms with Crippen molar-refractivity contribution >= 4 is 27.9 Å². The summed E-state index contributed by atoms with van der Waals surface area (Å²) in [5, 5.41) is 0. The van der Waals surface area contributed by atoms with Crippen molar-refractivity contribution in [1.82, 2.24) is 9.44 Å². The minimum atomic E-state index is -3.84. The fourth-order valence-electron chi connectivity index (χ4n) is 0.492. The van der Waals surface area contributed by atoms with Gasteiger partial charge in [0.05, 0.1) is 7.11 Å². The molecule has 2 N–H and O–H groups in total. The molecule has 0 aliphatic rings. The molecule has 82 valence electrons. The first kappa shape index (κ1) is 13.2. The van der Waals surface area contributed by atoms with Gasteiger partial charge in [-0.2, -0.15) is 13.1 Å². The van der Waals surface area contributed by atoms with E-state index in [1.165, 1.54) is 6.08 Å². The first-order chi connectivity index (χ1) is 6.52. The Kier molecular flexibility index (Phi) is 6.26. The molecule has 0 aromatic rings. The van der Waals surface area contributed by atoms with E-state index < -0.39 is 16.3 Å². The highest BCUT2D eigenvalue weighted by atomic mass is 35.5. The fourth-order valence-corrected chi connectivity index (χ4v) is 1.31. The van der Waals surface area contributed by atoms with Crippen LogP contribution in [0.5, 0.6) is 0 Å². The molecule has 0 aromatic carbocycles. The third-order valence-corrected chi connectivity index (χ3v) is 2.21. The van der Waals surface area contributed by atoms with Gasteiger partial charge in [0, 0.05) is 12.4 Å². The normalized spacial score (nSPS) is 11.6. The molecule has 8 heteroatoms. The number of nitrogens with one attached hydrogen (secondary N) is 2. The monoisotopic (exact) mass is 242 g/mol. The van der Waals surface area contributed by atoms with Gasteiger partial charge in [0.1, 0.15) is 0 Å². The summed E-state index contributed by atoms with van der Waals surface area (Å²) < 4.78 is 29.7. The molecule has 0 bridgehead atoms. The molecule has 0 atom stereocenters. The summed E-state index contributed by atoms with van der Waals surface area (Å²) in [5.74, 6) is 0.298. The van der Waals surface area contributed by atoms with Crippen molar-refractivity contribution in [3.8, 4) is 0 Å². The lowest BCUT2D eigenvalue weighted by atomic mass is 10.5. The lowest BCUT2D eigenvalue weighted by molar-refractivity contribution is 0.177. The summed E-state index contributed by atoms with van der Waals surface area (Å²) in [7, 11) is -2.77. The van der Waals surface area contributed by atoms with Crippen molar-refractivity contribution in [2.45, 2.75) is 0 Å². The number of halogens is 1. The number of carbonyl (C=O) groups is 1. The predicted molar refractivity (Wildman–Crippen MR) is 52.3 cm³/mol. The number of ether oxygens (including phenoxy) is 1. The van der Waals surface area contributed by atoms with Gasteiger partial charge >= 0.3 is 16.3 Å². The average Bonchev–Trinajstić information content (AvgIpc) is 2.12. The number of carbonyl (C=O) groups excluding carboxylic acids is 1. The van der Waals surface area contributed by atoms with Gasteiger partial charge in [-0.1, -0.05) is 12.2 Å². The van der Waals surface area contributed by atoms with Crippen LogP contribution in [0.25, 0.3) is 0 Å².